The van der Waals surface area contributed by atoms with Crippen molar-refractivity contribution in [1.29, 1.82) is 0 Å². The maximum absolute atomic E-state index is 11.6. The van der Waals surface area contributed by atoms with E-state index in [9.17, 15) is 18.0 Å². The van der Waals surface area contributed by atoms with Crippen molar-refractivity contribution in [3.8, 4) is 0 Å². The largest absolute Gasteiger partial charge is 0.478 e. The number of aromatic carboxylic acids is 1. The number of urea groups is 1. The lowest BCUT2D eigenvalue weighted by Gasteiger charge is -2.09. The number of anilines is 1. The van der Waals surface area contributed by atoms with E-state index in [0.29, 0.717) is 16.6 Å². The third kappa shape index (κ3) is 6.58. The van der Waals surface area contributed by atoms with Crippen molar-refractivity contribution in [2.45, 2.75) is 6.42 Å². The number of hydrogen-bond donors (Lipinski definition) is 3. The van der Waals surface area contributed by atoms with Crippen LogP contribution in [0.15, 0.2) is 22.7 Å². The summed E-state index contributed by atoms with van der Waals surface area (Å²) in [4.78, 5) is 22.5. The quantitative estimate of drug-likeness (QED) is 0.652. The van der Waals surface area contributed by atoms with E-state index in [4.69, 9.17) is 5.11 Å². The number of sulfone groups is 1. The van der Waals surface area contributed by atoms with Crippen molar-refractivity contribution in [1.82, 2.24) is 5.32 Å². The average molecular weight is 379 g/mol. The van der Waals surface area contributed by atoms with Gasteiger partial charge >= 0.3 is 12.0 Å². The zero-order valence-corrected chi connectivity index (χ0v) is 13.6. The van der Waals surface area contributed by atoms with Crippen molar-refractivity contribution < 1.29 is 23.1 Å². The van der Waals surface area contributed by atoms with Gasteiger partial charge in [-0.2, -0.15) is 0 Å². The molecule has 1 aromatic rings. The van der Waals surface area contributed by atoms with Gasteiger partial charge in [-0.1, -0.05) is 0 Å². The Morgan fingerprint density at radius 3 is 2.57 bits per heavy atom. The maximum Gasteiger partial charge on any atom is 0.335 e. The molecule has 0 unspecified atom stereocenters. The molecule has 0 aliphatic carbocycles. The Balaban J connectivity index is 2.55. The van der Waals surface area contributed by atoms with Crippen molar-refractivity contribution in [2.75, 3.05) is 23.9 Å². The number of nitrogens with one attached hydrogen (secondary N) is 2. The van der Waals surface area contributed by atoms with Crippen LogP contribution in [0.25, 0.3) is 0 Å². The number of carbonyl (C=O) groups excluding carboxylic acids is 1. The standard InChI is InChI=1S/C12H15BrN2O5S/c1-21(19,20)6-2-5-14-12(18)15-10-7-8(11(16)17)3-4-9(10)13/h3-4,7H,2,5-6H2,1H3,(H,16,17)(H2,14,15,18). The summed E-state index contributed by atoms with van der Waals surface area (Å²) in [6, 6.07) is 3.71. The summed E-state index contributed by atoms with van der Waals surface area (Å²) in [5, 5.41) is 13.9. The molecule has 0 bridgehead atoms. The predicted octanol–water partition coefficient (Wildman–Crippen LogP) is 1.70. The minimum absolute atomic E-state index is 0.00846. The molecule has 0 saturated carbocycles. The number of carboxylic acids is 1. The highest BCUT2D eigenvalue weighted by Crippen LogP contribution is 2.23. The van der Waals surface area contributed by atoms with Crippen LogP contribution in [0.2, 0.25) is 0 Å². The lowest BCUT2D eigenvalue weighted by Crippen LogP contribution is -2.30. The van der Waals surface area contributed by atoms with Crippen molar-refractivity contribution in [2.24, 2.45) is 0 Å². The second-order valence-corrected chi connectivity index (χ2v) is 7.48. The summed E-state index contributed by atoms with van der Waals surface area (Å²) >= 11 is 3.20. The Bertz CT molecular complexity index is 645. The van der Waals surface area contributed by atoms with E-state index >= 15 is 0 Å². The van der Waals surface area contributed by atoms with E-state index in [1.165, 1.54) is 18.2 Å². The molecular weight excluding hydrogens is 364 g/mol. The molecule has 0 aliphatic heterocycles. The number of hydrogen-bond acceptors (Lipinski definition) is 4. The molecule has 1 rings (SSSR count). The Labute approximate surface area is 130 Å². The topological polar surface area (TPSA) is 113 Å². The van der Waals surface area contributed by atoms with E-state index in [1.807, 2.05) is 0 Å². The number of amides is 2. The molecule has 2 amide bonds. The molecule has 0 atom stereocenters. The zero-order chi connectivity index (χ0) is 16.0. The fourth-order valence-electron chi connectivity index (χ4n) is 1.46. The van der Waals surface area contributed by atoms with Crippen LogP contribution in [0, 0.1) is 0 Å². The summed E-state index contributed by atoms with van der Waals surface area (Å²) < 4.78 is 22.4. The van der Waals surface area contributed by atoms with Gasteiger partial charge in [-0.25, -0.2) is 18.0 Å². The summed E-state index contributed by atoms with van der Waals surface area (Å²) in [5.74, 6) is -1.11. The average Bonchev–Trinajstić information content (AvgIpc) is 2.36. The van der Waals surface area contributed by atoms with Crippen LogP contribution < -0.4 is 10.6 Å². The minimum Gasteiger partial charge on any atom is -0.478 e. The Morgan fingerprint density at radius 2 is 2.00 bits per heavy atom. The predicted molar refractivity (Wildman–Crippen MR) is 82.5 cm³/mol. The molecule has 7 nitrogen and oxygen atoms in total. The van der Waals surface area contributed by atoms with Gasteiger partial charge in [-0.05, 0) is 40.5 Å². The Hall–Kier alpha value is -1.61. The van der Waals surface area contributed by atoms with Crippen LogP contribution in [-0.4, -0.2) is 44.1 Å². The number of benzene rings is 1. The molecule has 0 spiro atoms. The Kier molecular flexibility index (Phi) is 6.16. The summed E-state index contributed by atoms with van der Waals surface area (Å²) in [7, 11) is -3.05. The third-order valence-corrected chi connectivity index (χ3v) is 4.16. The normalized spacial score (nSPS) is 11.0. The van der Waals surface area contributed by atoms with Crippen molar-refractivity contribution in [3.63, 3.8) is 0 Å². The van der Waals surface area contributed by atoms with Gasteiger partial charge in [0.1, 0.15) is 9.84 Å². The fourth-order valence-corrected chi connectivity index (χ4v) is 2.47. The number of halogens is 1. The van der Waals surface area contributed by atoms with Crippen LogP contribution in [0.1, 0.15) is 16.8 Å². The first-order chi connectivity index (χ1) is 9.69. The highest BCUT2D eigenvalue weighted by molar-refractivity contribution is 9.10. The van der Waals surface area contributed by atoms with E-state index < -0.39 is 21.8 Å². The third-order valence-electron chi connectivity index (χ3n) is 2.44. The molecule has 9 heteroatoms. The number of carbonyl (C=O) groups is 2. The first-order valence-electron chi connectivity index (χ1n) is 5.94. The van der Waals surface area contributed by atoms with E-state index in [0.717, 1.165) is 6.26 Å². The van der Waals surface area contributed by atoms with Gasteiger partial charge in [0.25, 0.3) is 0 Å². The molecule has 116 valence electrons. The lowest BCUT2D eigenvalue weighted by molar-refractivity contribution is 0.0697. The molecule has 0 heterocycles. The summed E-state index contributed by atoms with van der Waals surface area (Å²) in [5.41, 5.74) is 0.362. The van der Waals surface area contributed by atoms with Crippen LogP contribution >= 0.6 is 15.9 Å². The Morgan fingerprint density at radius 1 is 1.33 bits per heavy atom. The van der Waals surface area contributed by atoms with Gasteiger partial charge in [-0.15, -0.1) is 0 Å². The van der Waals surface area contributed by atoms with Crippen LogP contribution in [0.4, 0.5) is 10.5 Å². The van der Waals surface area contributed by atoms with E-state index in [2.05, 4.69) is 26.6 Å². The molecule has 0 aromatic heterocycles. The minimum atomic E-state index is -3.05. The van der Waals surface area contributed by atoms with Gasteiger partial charge in [0.2, 0.25) is 0 Å². The molecule has 21 heavy (non-hydrogen) atoms. The monoisotopic (exact) mass is 378 g/mol. The maximum atomic E-state index is 11.6. The summed E-state index contributed by atoms with van der Waals surface area (Å²) in [6.45, 7) is 0.204. The zero-order valence-electron chi connectivity index (χ0n) is 11.2. The van der Waals surface area contributed by atoms with Gasteiger partial charge < -0.3 is 15.7 Å². The SMILES string of the molecule is CS(=O)(=O)CCCNC(=O)Nc1cc(C(=O)O)ccc1Br. The second-order valence-electron chi connectivity index (χ2n) is 4.36. The van der Waals surface area contributed by atoms with Gasteiger partial charge in [-0.3, -0.25) is 0 Å². The van der Waals surface area contributed by atoms with Gasteiger partial charge in [0, 0.05) is 17.3 Å². The molecule has 1 aromatic carbocycles. The van der Waals surface area contributed by atoms with Gasteiger partial charge in [0.05, 0.1) is 17.0 Å². The summed E-state index contributed by atoms with van der Waals surface area (Å²) in [6.07, 6.45) is 1.43. The van der Waals surface area contributed by atoms with Crippen LogP contribution in [-0.2, 0) is 9.84 Å². The first-order valence-corrected chi connectivity index (χ1v) is 8.80. The molecule has 0 fully saturated rings. The first kappa shape index (κ1) is 17.4. The highest BCUT2D eigenvalue weighted by atomic mass is 79.9. The van der Waals surface area contributed by atoms with Crippen LogP contribution in [0.3, 0.4) is 0 Å². The fraction of sp³-hybridized carbons (Fsp3) is 0.333. The van der Waals surface area contributed by atoms with Crippen LogP contribution in [0.5, 0.6) is 0 Å². The van der Waals surface area contributed by atoms with Crippen molar-refractivity contribution >= 4 is 43.5 Å². The molecule has 3 N–H and O–H groups in total. The number of rotatable bonds is 6. The van der Waals surface area contributed by atoms with Gasteiger partial charge in [0.15, 0.2) is 0 Å². The molecule has 0 radical (unpaired) electrons. The molecular formula is C12H15BrN2O5S. The molecule has 0 saturated heterocycles. The number of carboxylic acid groups (broad SMARTS) is 1. The van der Waals surface area contributed by atoms with E-state index in [1.54, 1.807) is 0 Å². The smallest absolute Gasteiger partial charge is 0.335 e. The van der Waals surface area contributed by atoms with E-state index in [-0.39, 0.29) is 17.9 Å². The second kappa shape index (κ2) is 7.41. The molecule has 0 aliphatic rings. The highest BCUT2D eigenvalue weighted by Gasteiger charge is 2.10. The van der Waals surface area contributed by atoms with Crippen molar-refractivity contribution in [3.05, 3.63) is 28.2 Å². The lowest BCUT2D eigenvalue weighted by atomic mass is 10.2.